The molecule has 0 fully saturated rings. The summed E-state index contributed by atoms with van der Waals surface area (Å²) in [6.45, 7) is 1.78. The lowest BCUT2D eigenvalue weighted by Gasteiger charge is -2.19. The van der Waals surface area contributed by atoms with E-state index >= 15 is 0 Å². The van der Waals surface area contributed by atoms with E-state index in [1.54, 1.807) is 43.6 Å². The number of aromatic nitrogens is 1. The maximum absolute atomic E-state index is 12.6. The maximum Gasteiger partial charge on any atom is 0.241 e. The van der Waals surface area contributed by atoms with Crippen LogP contribution in [0.25, 0.3) is 0 Å². The van der Waals surface area contributed by atoms with E-state index in [-0.39, 0.29) is 16.8 Å². The van der Waals surface area contributed by atoms with Crippen LogP contribution in [-0.2, 0) is 21.2 Å². The second-order valence-corrected chi connectivity index (χ2v) is 7.20. The van der Waals surface area contributed by atoms with Gasteiger partial charge in [-0.05, 0) is 54.8 Å². The van der Waals surface area contributed by atoms with Crippen LogP contribution in [0.4, 0.5) is 5.69 Å². The number of nitrogens with zero attached hydrogens (tertiary/aromatic N) is 1. The Labute approximate surface area is 135 Å². The molecule has 0 unspecified atom stereocenters. The van der Waals surface area contributed by atoms with Crippen molar-refractivity contribution in [1.29, 1.82) is 0 Å². The first kappa shape index (κ1) is 15.6. The molecule has 7 heteroatoms. The SMILES string of the molecule is C[C@@H](NS(=O)(=O)c1ccc2c(c1)CCC(=O)N2)c1ccncc1. The first-order valence-corrected chi connectivity index (χ1v) is 8.79. The Morgan fingerprint density at radius 1 is 1.17 bits per heavy atom. The monoisotopic (exact) mass is 331 g/mol. The predicted octanol–water partition coefficient (Wildman–Crippen LogP) is 2.01. The van der Waals surface area contributed by atoms with Gasteiger partial charge in [0.2, 0.25) is 15.9 Å². The second kappa shape index (κ2) is 6.10. The third kappa shape index (κ3) is 3.40. The standard InChI is InChI=1S/C16H17N3O3S/c1-11(12-6-8-17-9-7-12)19-23(21,22)14-3-4-15-13(10-14)2-5-16(20)18-15/h3-4,6-11,19H,2,5H2,1H3,(H,18,20)/t11-/m1/s1. The van der Waals surface area contributed by atoms with Crippen molar-refractivity contribution in [3.05, 3.63) is 53.9 Å². The third-order valence-electron chi connectivity index (χ3n) is 3.82. The van der Waals surface area contributed by atoms with E-state index in [0.29, 0.717) is 18.5 Å². The number of anilines is 1. The molecule has 120 valence electrons. The second-order valence-electron chi connectivity index (χ2n) is 5.49. The van der Waals surface area contributed by atoms with Crippen LogP contribution < -0.4 is 10.0 Å². The predicted molar refractivity (Wildman–Crippen MR) is 86.4 cm³/mol. The van der Waals surface area contributed by atoms with Crippen molar-refractivity contribution in [3.63, 3.8) is 0 Å². The average molecular weight is 331 g/mol. The number of benzene rings is 1. The first-order chi connectivity index (χ1) is 11.0. The Morgan fingerprint density at radius 2 is 1.91 bits per heavy atom. The van der Waals surface area contributed by atoms with Crippen molar-refractivity contribution >= 4 is 21.6 Å². The van der Waals surface area contributed by atoms with E-state index in [1.807, 2.05) is 0 Å². The van der Waals surface area contributed by atoms with E-state index in [4.69, 9.17) is 0 Å². The number of sulfonamides is 1. The summed E-state index contributed by atoms with van der Waals surface area (Å²) in [6, 6.07) is 7.95. The van der Waals surface area contributed by atoms with Crippen molar-refractivity contribution in [1.82, 2.24) is 9.71 Å². The van der Waals surface area contributed by atoms with Crippen LogP contribution in [0.5, 0.6) is 0 Å². The topological polar surface area (TPSA) is 88.2 Å². The smallest absolute Gasteiger partial charge is 0.241 e. The lowest BCUT2D eigenvalue weighted by Crippen LogP contribution is -2.27. The number of carbonyl (C=O) groups excluding carboxylic acids is 1. The van der Waals surface area contributed by atoms with Gasteiger partial charge in [0.1, 0.15) is 0 Å². The normalized spacial score (nSPS) is 15.6. The van der Waals surface area contributed by atoms with Crippen LogP contribution >= 0.6 is 0 Å². The number of hydrogen-bond acceptors (Lipinski definition) is 4. The lowest BCUT2D eigenvalue weighted by molar-refractivity contribution is -0.116. The molecule has 0 saturated carbocycles. The van der Waals surface area contributed by atoms with E-state index in [2.05, 4.69) is 15.0 Å². The molecule has 0 radical (unpaired) electrons. The number of fused-ring (bicyclic) bond motifs is 1. The lowest BCUT2D eigenvalue weighted by atomic mass is 10.0. The summed E-state index contributed by atoms with van der Waals surface area (Å²) in [6.07, 6.45) is 4.17. The third-order valence-corrected chi connectivity index (χ3v) is 5.36. The van der Waals surface area contributed by atoms with E-state index in [9.17, 15) is 13.2 Å². The first-order valence-electron chi connectivity index (χ1n) is 7.31. The number of carbonyl (C=O) groups is 1. The van der Waals surface area contributed by atoms with Gasteiger partial charge in [-0.2, -0.15) is 0 Å². The molecule has 2 heterocycles. The van der Waals surface area contributed by atoms with E-state index in [1.165, 1.54) is 6.07 Å². The molecule has 2 N–H and O–H groups in total. The fourth-order valence-corrected chi connectivity index (χ4v) is 3.83. The number of nitrogens with one attached hydrogen (secondary N) is 2. The van der Waals surface area contributed by atoms with Gasteiger partial charge < -0.3 is 5.32 Å². The minimum Gasteiger partial charge on any atom is -0.326 e. The zero-order valence-electron chi connectivity index (χ0n) is 12.6. The molecule has 1 aromatic carbocycles. The fourth-order valence-electron chi connectivity index (χ4n) is 2.55. The number of hydrogen-bond donors (Lipinski definition) is 2. The molecule has 0 aliphatic carbocycles. The molecule has 2 aromatic rings. The molecule has 1 aliphatic rings. The summed E-state index contributed by atoms with van der Waals surface area (Å²) < 4.78 is 27.8. The zero-order chi connectivity index (χ0) is 16.4. The summed E-state index contributed by atoms with van der Waals surface area (Å²) in [5, 5.41) is 2.74. The zero-order valence-corrected chi connectivity index (χ0v) is 13.4. The minimum atomic E-state index is -3.64. The summed E-state index contributed by atoms with van der Waals surface area (Å²) in [5.74, 6) is -0.0439. The van der Waals surface area contributed by atoms with Gasteiger partial charge in [0.05, 0.1) is 4.90 Å². The molecule has 6 nitrogen and oxygen atoms in total. The van der Waals surface area contributed by atoms with Crippen LogP contribution in [-0.4, -0.2) is 19.3 Å². The van der Waals surface area contributed by atoms with Gasteiger partial charge in [0.25, 0.3) is 0 Å². The highest BCUT2D eigenvalue weighted by atomic mass is 32.2. The highest BCUT2D eigenvalue weighted by molar-refractivity contribution is 7.89. The Hall–Kier alpha value is -2.25. The van der Waals surface area contributed by atoms with Crippen LogP contribution in [0.1, 0.15) is 30.5 Å². The van der Waals surface area contributed by atoms with Gasteiger partial charge in [-0.1, -0.05) is 0 Å². The highest BCUT2D eigenvalue weighted by Crippen LogP contribution is 2.26. The van der Waals surface area contributed by atoms with Crippen LogP contribution in [0.2, 0.25) is 0 Å². The van der Waals surface area contributed by atoms with Gasteiger partial charge in [0, 0.05) is 30.5 Å². The number of pyridine rings is 1. The minimum absolute atomic E-state index is 0.0439. The van der Waals surface area contributed by atoms with Crippen LogP contribution in [0.15, 0.2) is 47.6 Å². The Balaban J connectivity index is 1.84. The van der Waals surface area contributed by atoms with Gasteiger partial charge in [-0.3, -0.25) is 9.78 Å². The number of aryl methyl sites for hydroxylation is 1. The van der Waals surface area contributed by atoms with Gasteiger partial charge >= 0.3 is 0 Å². The summed E-state index contributed by atoms with van der Waals surface area (Å²) in [4.78, 5) is 15.5. The largest absolute Gasteiger partial charge is 0.326 e. The van der Waals surface area contributed by atoms with Crippen LogP contribution in [0.3, 0.4) is 0 Å². The number of amides is 1. The van der Waals surface area contributed by atoms with E-state index in [0.717, 1.165) is 11.1 Å². The molecule has 23 heavy (non-hydrogen) atoms. The van der Waals surface area contributed by atoms with Gasteiger partial charge in [0.15, 0.2) is 0 Å². The maximum atomic E-state index is 12.6. The molecular weight excluding hydrogens is 314 g/mol. The fraction of sp³-hybridized carbons (Fsp3) is 0.250. The molecule has 1 aliphatic heterocycles. The Kier molecular flexibility index (Phi) is 4.14. The van der Waals surface area contributed by atoms with Crippen molar-refractivity contribution in [2.75, 3.05) is 5.32 Å². The highest BCUT2D eigenvalue weighted by Gasteiger charge is 2.21. The molecule has 3 rings (SSSR count). The molecule has 0 spiro atoms. The molecular formula is C16H17N3O3S. The van der Waals surface area contributed by atoms with Gasteiger partial charge in [-0.15, -0.1) is 0 Å². The summed E-state index contributed by atoms with van der Waals surface area (Å²) >= 11 is 0. The van der Waals surface area contributed by atoms with E-state index < -0.39 is 10.0 Å². The molecule has 0 bridgehead atoms. The average Bonchev–Trinajstić information content (AvgIpc) is 2.54. The van der Waals surface area contributed by atoms with Crippen molar-refractivity contribution in [2.45, 2.75) is 30.7 Å². The Morgan fingerprint density at radius 3 is 2.65 bits per heavy atom. The number of rotatable bonds is 4. The Bertz CT molecular complexity index is 835. The van der Waals surface area contributed by atoms with Crippen LogP contribution in [0, 0.1) is 0 Å². The quantitative estimate of drug-likeness (QED) is 0.897. The molecule has 0 saturated heterocycles. The summed E-state index contributed by atoms with van der Waals surface area (Å²) in [7, 11) is -3.64. The van der Waals surface area contributed by atoms with Crippen molar-refractivity contribution in [3.8, 4) is 0 Å². The molecule has 1 amide bonds. The summed E-state index contributed by atoms with van der Waals surface area (Å²) in [5.41, 5.74) is 2.36. The van der Waals surface area contributed by atoms with Gasteiger partial charge in [-0.25, -0.2) is 13.1 Å². The molecule has 1 aromatic heterocycles. The van der Waals surface area contributed by atoms with Crippen molar-refractivity contribution in [2.24, 2.45) is 0 Å². The molecule has 1 atom stereocenters. The van der Waals surface area contributed by atoms with Crippen molar-refractivity contribution < 1.29 is 13.2 Å².